The largest absolute Gasteiger partial charge is 0.388 e. The van der Waals surface area contributed by atoms with Crippen LogP contribution < -0.4 is 10.6 Å². The quantitative estimate of drug-likeness (QED) is 0.544. The van der Waals surface area contributed by atoms with E-state index in [2.05, 4.69) is 36.0 Å². The summed E-state index contributed by atoms with van der Waals surface area (Å²) in [5.41, 5.74) is 6.65. The Balaban J connectivity index is 2.55. The van der Waals surface area contributed by atoms with Crippen molar-refractivity contribution < 1.29 is 0 Å². The number of amidine groups is 1. The van der Waals surface area contributed by atoms with E-state index in [0.29, 0.717) is 6.42 Å². The van der Waals surface area contributed by atoms with Gasteiger partial charge in [0.15, 0.2) is 0 Å². The fourth-order valence-corrected chi connectivity index (χ4v) is 1.84. The molecule has 0 fully saturated rings. The molecule has 0 unspecified atom stereocenters. The number of nitrogens with zero attached hydrogens (tertiary/aromatic N) is 2. The van der Waals surface area contributed by atoms with Crippen LogP contribution in [0.2, 0.25) is 0 Å². The molecule has 100 valence electrons. The third-order valence-corrected chi connectivity index (χ3v) is 2.81. The van der Waals surface area contributed by atoms with Crippen molar-refractivity contribution in [2.75, 3.05) is 38.6 Å². The monoisotopic (exact) mass is 248 g/mol. The van der Waals surface area contributed by atoms with Gasteiger partial charge >= 0.3 is 0 Å². The highest BCUT2D eigenvalue weighted by Crippen LogP contribution is 2.13. The van der Waals surface area contributed by atoms with Gasteiger partial charge in [-0.2, -0.15) is 0 Å². The molecule has 0 aliphatic rings. The first-order valence-electron chi connectivity index (χ1n) is 6.37. The number of nitrogens with one attached hydrogen (secondary N) is 1. The molecule has 3 N–H and O–H groups in total. The molecule has 1 aromatic rings. The van der Waals surface area contributed by atoms with Crippen LogP contribution in [-0.2, 0) is 0 Å². The lowest BCUT2D eigenvalue weighted by Crippen LogP contribution is -2.30. The topological polar surface area (TPSA) is 56.4 Å². The number of hydrogen-bond donors (Lipinski definition) is 2. The van der Waals surface area contributed by atoms with Crippen LogP contribution in [0.25, 0.3) is 0 Å². The van der Waals surface area contributed by atoms with E-state index < -0.39 is 0 Å². The van der Waals surface area contributed by atoms with E-state index in [1.54, 1.807) is 0 Å². The fraction of sp³-hybridized carbons (Fsp3) is 0.500. The molecule has 0 saturated carbocycles. The second-order valence-electron chi connectivity index (χ2n) is 4.75. The number of anilines is 1. The van der Waals surface area contributed by atoms with E-state index in [0.717, 1.165) is 26.1 Å². The predicted octanol–water partition coefficient (Wildman–Crippen LogP) is 1.77. The molecule has 18 heavy (non-hydrogen) atoms. The average Bonchev–Trinajstić information content (AvgIpc) is 2.34. The minimum atomic E-state index is 0.253. The summed E-state index contributed by atoms with van der Waals surface area (Å²) in [6.07, 6.45) is 1.73. The van der Waals surface area contributed by atoms with Gasteiger partial charge in [-0.3, -0.25) is 5.41 Å². The molecule has 0 bridgehead atoms. The van der Waals surface area contributed by atoms with Crippen LogP contribution in [0.3, 0.4) is 0 Å². The van der Waals surface area contributed by atoms with Crippen LogP contribution in [0.1, 0.15) is 12.8 Å². The molecule has 4 nitrogen and oxygen atoms in total. The summed E-state index contributed by atoms with van der Waals surface area (Å²) in [7, 11) is 4.17. The van der Waals surface area contributed by atoms with E-state index >= 15 is 0 Å². The standard InChI is InChI=1S/C14H24N4/c1-17(2)10-6-11-18(12-9-14(15)16)13-7-4-3-5-8-13/h3-5,7-8H,6,9-12H2,1-2H3,(H3,15,16). The summed E-state index contributed by atoms with van der Waals surface area (Å²) >= 11 is 0. The van der Waals surface area contributed by atoms with Crippen LogP contribution >= 0.6 is 0 Å². The maximum atomic E-state index is 7.34. The second-order valence-corrected chi connectivity index (χ2v) is 4.75. The van der Waals surface area contributed by atoms with Crippen molar-refractivity contribution in [1.29, 1.82) is 5.41 Å². The number of rotatable bonds is 8. The van der Waals surface area contributed by atoms with Crippen molar-refractivity contribution in [1.82, 2.24) is 4.90 Å². The van der Waals surface area contributed by atoms with Gasteiger partial charge in [0.25, 0.3) is 0 Å². The number of para-hydroxylation sites is 1. The maximum absolute atomic E-state index is 7.34. The molecule has 0 atom stereocenters. The van der Waals surface area contributed by atoms with Crippen molar-refractivity contribution in [2.45, 2.75) is 12.8 Å². The van der Waals surface area contributed by atoms with E-state index in [4.69, 9.17) is 11.1 Å². The van der Waals surface area contributed by atoms with Gasteiger partial charge in [0.2, 0.25) is 0 Å². The Morgan fingerprint density at radius 1 is 1.11 bits per heavy atom. The zero-order valence-electron chi connectivity index (χ0n) is 11.4. The fourth-order valence-electron chi connectivity index (χ4n) is 1.84. The lowest BCUT2D eigenvalue weighted by atomic mass is 10.2. The molecular weight excluding hydrogens is 224 g/mol. The third-order valence-electron chi connectivity index (χ3n) is 2.81. The van der Waals surface area contributed by atoms with Gasteiger partial charge in [-0.05, 0) is 39.2 Å². The molecule has 0 saturated heterocycles. The van der Waals surface area contributed by atoms with Crippen molar-refractivity contribution >= 4 is 11.5 Å². The number of nitrogens with two attached hydrogens (primary N) is 1. The molecule has 1 aromatic carbocycles. The number of hydrogen-bond acceptors (Lipinski definition) is 3. The molecule has 0 spiro atoms. The van der Waals surface area contributed by atoms with Crippen LogP contribution in [0, 0.1) is 5.41 Å². The van der Waals surface area contributed by atoms with Gasteiger partial charge < -0.3 is 15.5 Å². The zero-order chi connectivity index (χ0) is 13.4. The lowest BCUT2D eigenvalue weighted by Gasteiger charge is -2.25. The third kappa shape index (κ3) is 5.68. The van der Waals surface area contributed by atoms with Crippen LogP contribution in [-0.4, -0.2) is 44.5 Å². The Kier molecular flexibility index (Phi) is 6.22. The molecule has 0 radical (unpaired) electrons. The summed E-state index contributed by atoms with van der Waals surface area (Å²) in [4.78, 5) is 4.49. The van der Waals surface area contributed by atoms with Crippen molar-refractivity contribution in [3.05, 3.63) is 30.3 Å². The number of benzene rings is 1. The van der Waals surface area contributed by atoms with Crippen LogP contribution in [0.15, 0.2) is 30.3 Å². The second kappa shape index (κ2) is 7.71. The van der Waals surface area contributed by atoms with E-state index in [-0.39, 0.29) is 5.84 Å². The van der Waals surface area contributed by atoms with Gasteiger partial charge in [0.1, 0.15) is 0 Å². The first kappa shape index (κ1) is 14.5. The highest BCUT2D eigenvalue weighted by molar-refractivity contribution is 5.77. The molecule has 0 heterocycles. The van der Waals surface area contributed by atoms with Crippen molar-refractivity contribution in [3.63, 3.8) is 0 Å². The van der Waals surface area contributed by atoms with Gasteiger partial charge in [-0.1, -0.05) is 18.2 Å². The highest BCUT2D eigenvalue weighted by Gasteiger charge is 2.06. The molecule has 1 rings (SSSR count). The van der Waals surface area contributed by atoms with Gasteiger partial charge in [-0.25, -0.2) is 0 Å². The highest BCUT2D eigenvalue weighted by atomic mass is 15.1. The zero-order valence-corrected chi connectivity index (χ0v) is 11.4. The molecule has 0 amide bonds. The summed E-state index contributed by atoms with van der Waals surface area (Å²) in [6, 6.07) is 10.3. The summed E-state index contributed by atoms with van der Waals surface area (Å²) in [6.45, 7) is 2.88. The molecular formula is C14H24N4. The molecule has 4 heteroatoms. The van der Waals surface area contributed by atoms with Gasteiger partial charge in [0.05, 0.1) is 5.84 Å². The average molecular weight is 248 g/mol. The van der Waals surface area contributed by atoms with E-state index in [9.17, 15) is 0 Å². The summed E-state index contributed by atoms with van der Waals surface area (Å²) in [5.74, 6) is 0.253. The minimum absolute atomic E-state index is 0.253. The molecule has 0 aliphatic heterocycles. The SMILES string of the molecule is CN(C)CCCN(CCC(=N)N)c1ccccc1. The Hall–Kier alpha value is -1.55. The van der Waals surface area contributed by atoms with Crippen molar-refractivity contribution in [2.24, 2.45) is 5.73 Å². The van der Waals surface area contributed by atoms with E-state index in [1.165, 1.54) is 5.69 Å². The summed E-state index contributed by atoms with van der Waals surface area (Å²) in [5, 5.41) is 7.34. The minimum Gasteiger partial charge on any atom is -0.388 e. The van der Waals surface area contributed by atoms with Crippen molar-refractivity contribution in [3.8, 4) is 0 Å². The van der Waals surface area contributed by atoms with E-state index in [1.807, 2.05) is 18.2 Å². The van der Waals surface area contributed by atoms with Gasteiger partial charge in [0, 0.05) is 25.2 Å². The predicted molar refractivity (Wildman–Crippen MR) is 78.4 cm³/mol. The Morgan fingerprint density at radius 3 is 2.33 bits per heavy atom. The van der Waals surface area contributed by atoms with Gasteiger partial charge in [-0.15, -0.1) is 0 Å². The van der Waals surface area contributed by atoms with Crippen LogP contribution in [0.5, 0.6) is 0 Å². The van der Waals surface area contributed by atoms with Crippen LogP contribution in [0.4, 0.5) is 5.69 Å². The maximum Gasteiger partial charge on any atom is 0.0923 e. The molecule has 0 aliphatic carbocycles. The Morgan fingerprint density at radius 2 is 1.78 bits per heavy atom. The first-order valence-corrected chi connectivity index (χ1v) is 6.37. The Labute approximate surface area is 110 Å². The smallest absolute Gasteiger partial charge is 0.0923 e. The normalized spacial score (nSPS) is 10.6. The molecule has 0 aromatic heterocycles. The summed E-state index contributed by atoms with van der Waals surface area (Å²) < 4.78 is 0. The first-order chi connectivity index (χ1) is 8.59. The lowest BCUT2D eigenvalue weighted by molar-refractivity contribution is 0.400. The Bertz CT molecular complexity index is 348.